The number of ether oxygens (including phenoxy) is 2. The number of Topliss-reactive ketones (excluding diaryl/α,β-unsaturated/α-hetero) is 1. The maximum Gasteiger partial charge on any atom is 0.306 e. The molecule has 1 N–H and O–H groups in total. The number of rotatable bonds is 9. The van der Waals surface area contributed by atoms with E-state index in [1.54, 1.807) is 48.5 Å². The summed E-state index contributed by atoms with van der Waals surface area (Å²) in [5, 5.41) is 3.22. The standard InChI is InChI=1S/C20H20ClNO5/c1-26-17-8-2-5-14(11-17)18(23)13-27-20(25)10-4-9-19(24)22-16-7-3-6-15(21)12-16/h2-3,5-8,11-12H,4,9-10,13H2,1H3,(H,22,24). The van der Waals surface area contributed by atoms with Gasteiger partial charge in [0.05, 0.1) is 7.11 Å². The van der Waals surface area contributed by atoms with Crippen molar-refractivity contribution in [1.82, 2.24) is 0 Å². The quantitative estimate of drug-likeness (QED) is 0.519. The lowest BCUT2D eigenvalue weighted by Crippen LogP contribution is -2.15. The molecule has 0 aliphatic heterocycles. The van der Waals surface area contributed by atoms with Crippen LogP contribution in [0, 0.1) is 0 Å². The summed E-state index contributed by atoms with van der Waals surface area (Å²) in [5.74, 6) is -0.516. The zero-order valence-corrected chi connectivity index (χ0v) is 15.6. The van der Waals surface area contributed by atoms with Crippen LogP contribution in [0.2, 0.25) is 5.02 Å². The molecular formula is C20H20ClNO5. The lowest BCUT2D eigenvalue weighted by molar-refractivity contribution is -0.142. The Bertz CT molecular complexity index is 822. The van der Waals surface area contributed by atoms with Gasteiger partial charge in [0.1, 0.15) is 5.75 Å². The number of esters is 1. The fourth-order valence-corrected chi connectivity index (χ4v) is 2.47. The molecule has 7 heteroatoms. The predicted molar refractivity (Wildman–Crippen MR) is 102 cm³/mol. The van der Waals surface area contributed by atoms with Gasteiger partial charge in [-0.15, -0.1) is 0 Å². The number of anilines is 1. The van der Waals surface area contributed by atoms with Crippen LogP contribution in [0.1, 0.15) is 29.6 Å². The average molecular weight is 390 g/mol. The maximum absolute atomic E-state index is 12.0. The number of amides is 1. The van der Waals surface area contributed by atoms with E-state index in [1.807, 2.05) is 0 Å². The molecule has 2 aromatic carbocycles. The highest BCUT2D eigenvalue weighted by Gasteiger charge is 2.11. The Morgan fingerprint density at radius 2 is 1.81 bits per heavy atom. The van der Waals surface area contributed by atoms with Crippen molar-refractivity contribution in [1.29, 1.82) is 0 Å². The van der Waals surface area contributed by atoms with Gasteiger partial charge in [0, 0.05) is 29.1 Å². The van der Waals surface area contributed by atoms with E-state index in [0.717, 1.165) is 0 Å². The molecule has 1 amide bonds. The number of hydrogen-bond acceptors (Lipinski definition) is 5. The van der Waals surface area contributed by atoms with E-state index in [1.165, 1.54) is 7.11 Å². The molecule has 2 rings (SSSR count). The van der Waals surface area contributed by atoms with E-state index in [0.29, 0.717) is 28.4 Å². The van der Waals surface area contributed by atoms with Crippen LogP contribution >= 0.6 is 11.6 Å². The smallest absolute Gasteiger partial charge is 0.306 e. The number of hydrogen-bond donors (Lipinski definition) is 1. The fourth-order valence-electron chi connectivity index (χ4n) is 2.28. The van der Waals surface area contributed by atoms with Crippen LogP contribution < -0.4 is 10.1 Å². The Balaban J connectivity index is 1.68. The van der Waals surface area contributed by atoms with Crippen LogP contribution in [0.3, 0.4) is 0 Å². The number of carbonyl (C=O) groups is 3. The summed E-state index contributed by atoms with van der Waals surface area (Å²) in [6.07, 6.45) is 0.526. The van der Waals surface area contributed by atoms with Gasteiger partial charge >= 0.3 is 5.97 Å². The van der Waals surface area contributed by atoms with Crippen LogP contribution in [-0.2, 0) is 14.3 Å². The largest absolute Gasteiger partial charge is 0.497 e. The van der Waals surface area contributed by atoms with Crippen molar-refractivity contribution >= 4 is 34.9 Å². The number of carbonyl (C=O) groups excluding carboxylic acids is 3. The molecule has 0 heterocycles. The summed E-state index contributed by atoms with van der Waals surface area (Å²) >= 11 is 5.85. The van der Waals surface area contributed by atoms with E-state index in [-0.39, 0.29) is 31.1 Å². The third-order valence-electron chi connectivity index (χ3n) is 3.65. The normalized spacial score (nSPS) is 10.1. The Labute approximate surface area is 162 Å². The van der Waals surface area contributed by atoms with Crippen LogP contribution in [-0.4, -0.2) is 31.4 Å². The lowest BCUT2D eigenvalue weighted by atomic mass is 10.1. The van der Waals surface area contributed by atoms with E-state index in [9.17, 15) is 14.4 Å². The Morgan fingerprint density at radius 3 is 2.56 bits per heavy atom. The van der Waals surface area contributed by atoms with E-state index in [2.05, 4.69) is 5.32 Å². The summed E-state index contributed by atoms with van der Waals surface area (Å²) in [7, 11) is 1.51. The van der Waals surface area contributed by atoms with Gasteiger partial charge in [-0.05, 0) is 36.8 Å². The maximum atomic E-state index is 12.0. The van der Waals surface area contributed by atoms with Crippen LogP contribution in [0.5, 0.6) is 5.75 Å². The first-order valence-corrected chi connectivity index (χ1v) is 8.74. The molecule has 27 heavy (non-hydrogen) atoms. The highest BCUT2D eigenvalue weighted by atomic mass is 35.5. The van der Waals surface area contributed by atoms with Crippen molar-refractivity contribution in [2.75, 3.05) is 19.0 Å². The van der Waals surface area contributed by atoms with Gasteiger partial charge in [-0.25, -0.2) is 0 Å². The van der Waals surface area contributed by atoms with Crippen LogP contribution in [0.15, 0.2) is 48.5 Å². The predicted octanol–water partition coefficient (Wildman–Crippen LogP) is 3.88. The Kier molecular flexibility index (Phi) is 7.82. The zero-order chi connectivity index (χ0) is 19.6. The second-order valence-corrected chi connectivity index (χ2v) is 6.16. The van der Waals surface area contributed by atoms with Crippen molar-refractivity contribution < 1.29 is 23.9 Å². The van der Waals surface area contributed by atoms with Crippen molar-refractivity contribution in [2.24, 2.45) is 0 Å². The van der Waals surface area contributed by atoms with Gasteiger partial charge in [0.15, 0.2) is 12.4 Å². The average Bonchev–Trinajstić information content (AvgIpc) is 2.66. The van der Waals surface area contributed by atoms with E-state index < -0.39 is 5.97 Å². The van der Waals surface area contributed by atoms with Crippen molar-refractivity contribution in [3.05, 3.63) is 59.1 Å². The van der Waals surface area contributed by atoms with Gasteiger partial charge < -0.3 is 14.8 Å². The molecule has 0 bridgehead atoms. The molecule has 2 aromatic rings. The number of nitrogens with one attached hydrogen (secondary N) is 1. The summed E-state index contributed by atoms with van der Waals surface area (Å²) in [6.45, 7) is -0.347. The lowest BCUT2D eigenvalue weighted by Gasteiger charge is -2.07. The minimum Gasteiger partial charge on any atom is -0.497 e. The highest BCUT2D eigenvalue weighted by molar-refractivity contribution is 6.30. The molecule has 0 unspecified atom stereocenters. The van der Waals surface area contributed by atoms with Gasteiger partial charge in [0.2, 0.25) is 5.91 Å². The van der Waals surface area contributed by atoms with Gasteiger partial charge in [-0.3, -0.25) is 14.4 Å². The molecule has 0 aromatic heterocycles. The number of ketones is 1. The second-order valence-electron chi connectivity index (χ2n) is 5.73. The molecule has 6 nitrogen and oxygen atoms in total. The third kappa shape index (κ3) is 7.11. The first kappa shape index (κ1) is 20.5. The second kappa shape index (κ2) is 10.3. The zero-order valence-electron chi connectivity index (χ0n) is 14.9. The van der Waals surface area contributed by atoms with Gasteiger partial charge in [0.25, 0.3) is 0 Å². The molecule has 0 aliphatic carbocycles. The molecule has 0 aliphatic rings. The van der Waals surface area contributed by atoms with Crippen molar-refractivity contribution in [2.45, 2.75) is 19.3 Å². The van der Waals surface area contributed by atoms with Gasteiger partial charge in [-0.2, -0.15) is 0 Å². The van der Waals surface area contributed by atoms with Crippen LogP contribution in [0.25, 0.3) is 0 Å². The number of benzene rings is 2. The van der Waals surface area contributed by atoms with Gasteiger partial charge in [-0.1, -0.05) is 29.8 Å². The minimum atomic E-state index is -0.526. The molecule has 0 saturated heterocycles. The molecule has 0 fully saturated rings. The molecule has 0 radical (unpaired) electrons. The molecule has 142 valence electrons. The molecule has 0 atom stereocenters. The van der Waals surface area contributed by atoms with Crippen molar-refractivity contribution in [3.8, 4) is 5.75 Å². The first-order chi connectivity index (χ1) is 13.0. The van der Waals surface area contributed by atoms with E-state index >= 15 is 0 Å². The third-order valence-corrected chi connectivity index (χ3v) is 3.88. The summed E-state index contributed by atoms with van der Waals surface area (Å²) in [4.78, 5) is 35.6. The SMILES string of the molecule is COc1cccc(C(=O)COC(=O)CCCC(=O)Nc2cccc(Cl)c2)c1. The van der Waals surface area contributed by atoms with Crippen LogP contribution in [0.4, 0.5) is 5.69 Å². The summed E-state index contributed by atoms with van der Waals surface area (Å²) in [5.41, 5.74) is 1.00. The Hall–Kier alpha value is -2.86. The first-order valence-electron chi connectivity index (χ1n) is 8.36. The fraction of sp³-hybridized carbons (Fsp3) is 0.250. The summed E-state index contributed by atoms with van der Waals surface area (Å²) < 4.78 is 10.0. The number of methoxy groups -OCH3 is 1. The molecule has 0 saturated carbocycles. The molecular weight excluding hydrogens is 370 g/mol. The molecule has 0 spiro atoms. The monoisotopic (exact) mass is 389 g/mol. The highest BCUT2D eigenvalue weighted by Crippen LogP contribution is 2.15. The number of halogens is 1. The summed E-state index contributed by atoms with van der Waals surface area (Å²) in [6, 6.07) is 13.4. The topological polar surface area (TPSA) is 81.7 Å². The Morgan fingerprint density at radius 1 is 1.04 bits per heavy atom. The minimum absolute atomic E-state index is 0.0500. The van der Waals surface area contributed by atoms with E-state index in [4.69, 9.17) is 21.1 Å². The van der Waals surface area contributed by atoms with Crippen molar-refractivity contribution in [3.63, 3.8) is 0 Å².